The second-order valence-electron chi connectivity index (χ2n) is 4.18. The Hall–Kier alpha value is -0.780. The minimum atomic E-state index is -0.603. The monoisotopic (exact) mass is 532 g/mol. The van der Waals surface area contributed by atoms with Gasteiger partial charge in [-0.1, -0.05) is 51.2 Å². The van der Waals surface area contributed by atoms with Crippen molar-refractivity contribution in [1.29, 1.82) is 0 Å². The summed E-state index contributed by atoms with van der Waals surface area (Å²) in [6.45, 7) is 2.41. The molecule has 0 radical (unpaired) electrons. The van der Waals surface area contributed by atoms with Gasteiger partial charge in [0.05, 0.1) is 22.6 Å². The largest absolute Gasteiger partial charge is 0.493 e. The number of amides is 2. The van der Waals surface area contributed by atoms with E-state index in [9.17, 15) is 9.59 Å². The molecule has 22 heavy (non-hydrogen) atoms. The zero-order valence-corrected chi connectivity index (χ0v) is 16.6. The molecule has 0 aromatic heterocycles. The molecule has 0 saturated carbocycles. The number of carbonyl (C=O) groups is 2. The summed E-state index contributed by atoms with van der Waals surface area (Å²) in [5.74, 6) is 0.851. The lowest BCUT2D eigenvalue weighted by Gasteiger charge is -2.21. The number of halogens is 2. The lowest BCUT2D eigenvalue weighted by Crippen LogP contribution is -2.41. The predicted molar refractivity (Wildman–Crippen MR) is 101 cm³/mol. The zero-order valence-electron chi connectivity index (χ0n) is 12.3. The van der Waals surface area contributed by atoms with E-state index in [2.05, 4.69) is 10.6 Å². The molecule has 0 spiro atoms. The van der Waals surface area contributed by atoms with E-state index in [4.69, 9.17) is 9.47 Å². The van der Waals surface area contributed by atoms with Crippen LogP contribution in [0.25, 0.3) is 0 Å². The van der Waals surface area contributed by atoms with Crippen molar-refractivity contribution in [1.82, 2.24) is 10.6 Å². The van der Waals surface area contributed by atoms with Crippen molar-refractivity contribution >= 4 is 57.0 Å². The third-order valence-electron chi connectivity index (χ3n) is 2.67. The van der Waals surface area contributed by atoms with E-state index in [1.165, 1.54) is 0 Å². The van der Waals surface area contributed by atoms with Crippen molar-refractivity contribution in [2.24, 2.45) is 0 Å². The second-order valence-corrected chi connectivity index (χ2v) is 5.70. The summed E-state index contributed by atoms with van der Waals surface area (Å²) in [5.41, 5.74) is 0.719. The summed E-state index contributed by atoms with van der Waals surface area (Å²) in [5, 5.41) is 5.55. The molecule has 0 aliphatic carbocycles. The summed E-state index contributed by atoms with van der Waals surface area (Å²) in [7, 11) is 1.55. The summed E-state index contributed by atoms with van der Waals surface area (Å²) >= 11 is 3.94. The van der Waals surface area contributed by atoms with Gasteiger partial charge in [-0.3, -0.25) is 9.59 Å². The van der Waals surface area contributed by atoms with Crippen LogP contribution in [0.2, 0.25) is 0 Å². The van der Waals surface area contributed by atoms with Gasteiger partial charge in [-0.05, 0) is 24.6 Å². The van der Waals surface area contributed by atoms with Crippen LogP contribution in [-0.4, -0.2) is 34.4 Å². The van der Waals surface area contributed by atoms with Crippen molar-refractivity contribution in [3.05, 3.63) is 23.8 Å². The quantitative estimate of drug-likeness (QED) is 0.306. The van der Waals surface area contributed by atoms with E-state index in [-0.39, 0.29) is 11.8 Å². The van der Waals surface area contributed by atoms with Crippen LogP contribution in [0.5, 0.6) is 11.5 Å². The molecule has 8 heteroatoms. The SMILES string of the molecule is CCOc1ccc(C(NC(=O)CI)NC(=O)CI)cc1OC. The Bertz CT molecular complexity index is 508. The number of ether oxygens (including phenoxy) is 2. The lowest BCUT2D eigenvalue weighted by atomic mass is 10.1. The first-order valence-electron chi connectivity index (χ1n) is 6.57. The van der Waals surface area contributed by atoms with Crippen LogP contribution in [-0.2, 0) is 9.59 Å². The molecule has 2 N–H and O–H groups in total. The van der Waals surface area contributed by atoms with Crippen molar-refractivity contribution in [2.45, 2.75) is 13.1 Å². The Labute approximate surface area is 157 Å². The molecule has 0 bridgehead atoms. The van der Waals surface area contributed by atoms with Crippen LogP contribution in [0, 0.1) is 0 Å². The predicted octanol–water partition coefficient (Wildman–Crippen LogP) is 2.19. The molecule has 0 atom stereocenters. The minimum absolute atomic E-state index is 0.160. The van der Waals surface area contributed by atoms with Crippen LogP contribution in [0.3, 0.4) is 0 Å². The van der Waals surface area contributed by atoms with Crippen molar-refractivity contribution in [2.75, 3.05) is 22.6 Å². The van der Waals surface area contributed by atoms with Gasteiger partial charge in [0.2, 0.25) is 11.8 Å². The molecule has 122 valence electrons. The number of alkyl halides is 2. The van der Waals surface area contributed by atoms with Gasteiger partial charge in [0.1, 0.15) is 6.17 Å². The average molecular weight is 532 g/mol. The van der Waals surface area contributed by atoms with Gasteiger partial charge < -0.3 is 20.1 Å². The van der Waals surface area contributed by atoms with Gasteiger partial charge >= 0.3 is 0 Å². The molecular formula is C14H18I2N2O4. The van der Waals surface area contributed by atoms with Crippen LogP contribution < -0.4 is 20.1 Å². The van der Waals surface area contributed by atoms with Gasteiger partial charge in [-0.25, -0.2) is 0 Å². The van der Waals surface area contributed by atoms with E-state index in [1.807, 2.05) is 52.1 Å². The highest BCUT2D eigenvalue weighted by Gasteiger charge is 2.18. The second kappa shape index (κ2) is 10.1. The normalized spacial score (nSPS) is 10.2. The number of rotatable bonds is 8. The van der Waals surface area contributed by atoms with Gasteiger partial charge in [-0.15, -0.1) is 0 Å². The number of nitrogens with one attached hydrogen (secondary N) is 2. The summed E-state index contributed by atoms with van der Waals surface area (Å²) in [6, 6.07) is 5.30. The highest BCUT2D eigenvalue weighted by atomic mass is 127. The first-order chi connectivity index (χ1) is 10.5. The molecule has 0 heterocycles. The fourth-order valence-electron chi connectivity index (χ4n) is 1.74. The van der Waals surface area contributed by atoms with E-state index in [0.29, 0.717) is 27.0 Å². The molecule has 0 aliphatic heterocycles. The topological polar surface area (TPSA) is 76.7 Å². The Morgan fingerprint density at radius 2 is 1.73 bits per heavy atom. The maximum absolute atomic E-state index is 11.7. The molecule has 0 aliphatic rings. The van der Waals surface area contributed by atoms with Gasteiger partial charge in [0, 0.05) is 0 Å². The van der Waals surface area contributed by atoms with E-state index in [0.717, 1.165) is 5.56 Å². The molecule has 6 nitrogen and oxygen atoms in total. The highest BCUT2D eigenvalue weighted by Crippen LogP contribution is 2.29. The first-order valence-corrected chi connectivity index (χ1v) is 9.62. The van der Waals surface area contributed by atoms with Crippen LogP contribution >= 0.6 is 45.2 Å². The number of methoxy groups -OCH3 is 1. The smallest absolute Gasteiger partial charge is 0.231 e. The molecule has 1 aromatic carbocycles. The Morgan fingerprint density at radius 1 is 1.14 bits per heavy atom. The molecule has 1 rings (SSSR count). The molecule has 1 aromatic rings. The Morgan fingerprint density at radius 3 is 2.18 bits per heavy atom. The van der Waals surface area contributed by atoms with Gasteiger partial charge in [0.25, 0.3) is 0 Å². The lowest BCUT2D eigenvalue weighted by molar-refractivity contribution is -0.121. The summed E-state index contributed by atoms with van der Waals surface area (Å²) < 4.78 is 11.4. The maximum atomic E-state index is 11.7. The molecule has 0 unspecified atom stereocenters. The van der Waals surface area contributed by atoms with Gasteiger partial charge in [0.15, 0.2) is 11.5 Å². The average Bonchev–Trinajstić information content (AvgIpc) is 2.54. The highest BCUT2D eigenvalue weighted by molar-refractivity contribution is 14.1. The first kappa shape index (κ1) is 19.3. The minimum Gasteiger partial charge on any atom is -0.493 e. The van der Waals surface area contributed by atoms with Crippen LogP contribution in [0.4, 0.5) is 0 Å². The third kappa shape index (κ3) is 5.78. The Kier molecular flexibility index (Phi) is 8.83. The van der Waals surface area contributed by atoms with E-state index < -0.39 is 6.17 Å². The third-order valence-corrected chi connectivity index (χ3v) is 4.06. The number of hydrogen-bond acceptors (Lipinski definition) is 4. The fraction of sp³-hybridized carbons (Fsp3) is 0.429. The molecular weight excluding hydrogens is 514 g/mol. The van der Waals surface area contributed by atoms with E-state index in [1.54, 1.807) is 25.3 Å². The number of hydrogen-bond donors (Lipinski definition) is 2. The number of carbonyl (C=O) groups excluding carboxylic acids is 2. The fourth-order valence-corrected chi connectivity index (χ4v) is 2.18. The molecule has 2 amide bonds. The van der Waals surface area contributed by atoms with Gasteiger partial charge in [-0.2, -0.15) is 0 Å². The number of benzene rings is 1. The zero-order chi connectivity index (χ0) is 16.5. The van der Waals surface area contributed by atoms with Crippen LogP contribution in [0.15, 0.2) is 18.2 Å². The summed E-state index contributed by atoms with van der Waals surface area (Å²) in [4.78, 5) is 23.3. The summed E-state index contributed by atoms with van der Waals surface area (Å²) in [6.07, 6.45) is -0.603. The standard InChI is InChI=1S/C14H18I2N2O4/c1-3-22-10-5-4-9(6-11(10)21-2)14(17-12(19)7-15)18-13(20)8-16/h4-6,14H,3,7-8H2,1-2H3,(H,17,19)(H,18,20). The maximum Gasteiger partial charge on any atom is 0.231 e. The van der Waals surface area contributed by atoms with Crippen molar-refractivity contribution in [3.63, 3.8) is 0 Å². The van der Waals surface area contributed by atoms with Crippen molar-refractivity contribution < 1.29 is 19.1 Å². The Balaban J connectivity index is 3.06. The van der Waals surface area contributed by atoms with E-state index >= 15 is 0 Å². The van der Waals surface area contributed by atoms with Crippen molar-refractivity contribution in [3.8, 4) is 11.5 Å². The molecule has 0 saturated heterocycles. The van der Waals surface area contributed by atoms with Crippen LogP contribution in [0.1, 0.15) is 18.7 Å². The molecule has 0 fully saturated rings.